The van der Waals surface area contributed by atoms with Crippen LogP contribution in [-0.4, -0.2) is 65.5 Å². The van der Waals surface area contributed by atoms with Gasteiger partial charge in [0.2, 0.25) is 5.82 Å². The van der Waals surface area contributed by atoms with Gasteiger partial charge in [0.25, 0.3) is 5.91 Å². The fourth-order valence-electron chi connectivity index (χ4n) is 4.85. The van der Waals surface area contributed by atoms with Crippen LogP contribution in [0.4, 0.5) is 0 Å². The molecule has 1 amide bonds. The van der Waals surface area contributed by atoms with E-state index in [0.717, 1.165) is 51.2 Å². The van der Waals surface area contributed by atoms with Gasteiger partial charge in [0.1, 0.15) is 12.4 Å². The number of carbonyl (C=O) groups excluding carboxylic acids is 1. The highest BCUT2D eigenvalue weighted by Crippen LogP contribution is 2.38. The fraction of sp³-hybridized carbons (Fsp3) is 0.542. The largest absolute Gasteiger partial charge is 0.492 e. The van der Waals surface area contributed by atoms with Crippen molar-refractivity contribution in [3.63, 3.8) is 0 Å². The Kier molecular flexibility index (Phi) is 6.62. The highest BCUT2D eigenvalue weighted by atomic mass is 16.5. The zero-order valence-electron chi connectivity index (χ0n) is 17.9. The summed E-state index contributed by atoms with van der Waals surface area (Å²) in [5.41, 5.74) is 1.58. The summed E-state index contributed by atoms with van der Waals surface area (Å²) in [6.45, 7) is 4.24. The van der Waals surface area contributed by atoms with Crippen molar-refractivity contribution < 1.29 is 9.53 Å². The molecule has 0 radical (unpaired) electrons. The maximum atomic E-state index is 12.7. The van der Waals surface area contributed by atoms with Crippen LogP contribution in [-0.2, 0) is 6.42 Å². The van der Waals surface area contributed by atoms with E-state index in [0.29, 0.717) is 12.4 Å². The summed E-state index contributed by atoms with van der Waals surface area (Å²) in [5, 5.41) is 0. The molecule has 0 atom stereocenters. The lowest BCUT2D eigenvalue weighted by Crippen LogP contribution is -2.48. The van der Waals surface area contributed by atoms with E-state index in [4.69, 9.17) is 4.74 Å². The van der Waals surface area contributed by atoms with Gasteiger partial charge < -0.3 is 14.5 Å². The van der Waals surface area contributed by atoms with E-state index in [2.05, 4.69) is 46.2 Å². The van der Waals surface area contributed by atoms with Crippen molar-refractivity contribution >= 4 is 5.91 Å². The summed E-state index contributed by atoms with van der Waals surface area (Å²) in [4.78, 5) is 25.3. The van der Waals surface area contributed by atoms with Crippen LogP contribution in [0.1, 0.15) is 48.3 Å². The normalized spacial score (nSPS) is 20.5. The minimum atomic E-state index is -0.0445. The molecular formula is C24H32N4O2. The molecule has 0 aliphatic carbocycles. The van der Waals surface area contributed by atoms with E-state index in [1.165, 1.54) is 24.8 Å². The molecule has 1 saturated heterocycles. The molecule has 1 spiro atoms. The van der Waals surface area contributed by atoms with Crippen molar-refractivity contribution in [1.29, 1.82) is 0 Å². The minimum Gasteiger partial charge on any atom is -0.492 e. The quantitative estimate of drug-likeness (QED) is 0.724. The van der Waals surface area contributed by atoms with Gasteiger partial charge in [-0.05, 0) is 62.3 Å². The molecule has 160 valence electrons. The number of fused-ring (bicyclic) bond motifs is 1. The van der Waals surface area contributed by atoms with Crippen LogP contribution in [0.25, 0.3) is 0 Å². The van der Waals surface area contributed by atoms with E-state index in [9.17, 15) is 4.79 Å². The summed E-state index contributed by atoms with van der Waals surface area (Å²) in [6, 6.07) is 10.2. The molecule has 2 aromatic rings. The first-order chi connectivity index (χ1) is 14.7. The van der Waals surface area contributed by atoms with E-state index >= 15 is 0 Å². The number of hydrogen-bond donors (Lipinski definition) is 0. The van der Waals surface area contributed by atoms with Crippen molar-refractivity contribution in [2.75, 3.05) is 39.8 Å². The first kappa shape index (κ1) is 20.8. The number of likely N-dealkylation sites (N-methyl/N-ethyl adjacent to an activating group) is 1. The summed E-state index contributed by atoms with van der Waals surface area (Å²) in [5.74, 6) is 1.30. The van der Waals surface area contributed by atoms with Crippen LogP contribution in [0.2, 0.25) is 0 Å². The molecule has 0 unspecified atom stereocenters. The van der Waals surface area contributed by atoms with Gasteiger partial charge in [-0.2, -0.15) is 0 Å². The van der Waals surface area contributed by atoms with Gasteiger partial charge in [0, 0.05) is 38.6 Å². The zero-order valence-corrected chi connectivity index (χ0v) is 17.9. The summed E-state index contributed by atoms with van der Waals surface area (Å²) < 4.78 is 6.10. The number of hydrogen-bond acceptors (Lipinski definition) is 5. The highest BCUT2D eigenvalue weighted by molar-refractivity contribution is 5.90. The second kappa shape index (κ2) is 9.56. The monoisotopic (exact) mass is 408 g/mol. The number of benzene rings is 1. The van der Waals surface area contributed by atoms with Gasteiger partial charge in [0.05, 0.1) is 0 Å². The number of ether oxygens (including phenoxy) is 1. The molecule has 30 heavy (non-hydrogen) atoms. The van der Waals surface area contributed by atoms with Crippen LogP contribution in [0.5, 0.6) is 5.75 Å². The fourth-order valence-corrected chi connectivity index (χ4v) is 4.85. The third-order valence-corrected chi connectivity index (χ3v) is 6.58. The predicted molar refractivity (Wildman–Crippen MR) is 117 cm³/mol. The number of para-hydroxylation sites is 1. The van der Waals surface area contributed by atoms with Crippen LogP contribution in [0, 0.1) is 5.41 Å². The van der Waals surface area contributed by atoms with Gasteiger partial charge in [-0.25, -0.2) is 9.97 Å². The average molecular weight is 409 g/mol. The molecule has 6 nitrogen and oxygen atoms in total. The molecule has 0 bridgehead atoms. The van der Waals surface area contributed by atoms with E-state index < -0.39 is 0 Å². The average Bonchev–Trinajstić information content (AvgIpc) is 2.77. The summed E-state index contributed by atoms with van der Waals surface area (Å²) in [6.07, 6.45) is 9.99. The van der Waals surface area contributed by atoms with Crippen LogP contribution < -0.4 is 4.74 Å². The maximum absolute atomic E-state index is 12.7. The molecule has 1 aromatic carbocycles. The van der Waals surface area contributed by atoms with Gasteiger partial charge in [0.15, 0.2) is 0 Å². The number of likely N-dealkylation sites (tertiary alicyclic amines) is 1. The van der Waals surface area contributed by atoms with E-state index in [1.54, 1.807) is 18.5 Å². The van der Waals surface area contributed by atoms with Gasteiger partial charge >= 0.3 is 0 Å². The molecule has 4 rings (SSSR count). The van der Waals surface area contributed by atoms with Crippen LogP contribution in [0.15, 0.2) is 42.7 Å². The Bertz CT molecular complexity index is 834. The second-order valence-corrected chi connectivity index (χ2v) is 8.77. The topological polar surface area (TPSA) is 58.6 Å². The van der Waals surface area contributed by atoms with Gasteiger partial charge in [-0.15, -0.1) is 0 Å². The lowest BCUT2D eigenvalue weighted by molar-refractivity contribution is 0.0416. The van der Waals surface area contributed by atoms with Crippen molar-refractivity contribution in [3.8, 4) is 5.75 Å². The Balaban J connectivity index is 1.40. The van der Waals surface area contributed by atoms with Crippen LogP contribution in [0.3, 0.4) is 0 Å². The zero-order chi connectivity index (χ0) is 20.8. The molecule has 1 fully saturated rings. The molecule has 0 saturated carbocycles. The summed E-state index contributed by atoms with van der Waals surface area (Å²) in [7, 11) is 2.19. The smallest absolute Gasteiger partial charge is 0.291 e. The second-order valence-electron chi connectivity index (χ2n) is 8.77. The third kappa shape index (κ3) is 4.98. The number of amides is 1. The Labute approximate surface area is 179 Å². The van der Waals surface area contributed by atoms with E-state index in [1.807, 2.05) is 4.90 Å². The Morgan fingerprint density at radius 2 is 1.77 bits per heavy atom. The highest BCUT2D eigenvalue weighted by Gasteiger charge is 2.37. The molecule has 1 aromatic heterocycles. The van der Waals surface area contributed by atoms with Gasteiger partial charge in [-0.1, -0.05) is 24.6 Å². The van der Waals surface area contributed by atoms with E-state index in [-0.39, 0.29) is 11.3 Å². The number of rotatable bonds is 1. The minimum absolute atomic E-state index is 0.0445. The SMILES string of the molecule is CN1CCOc2ccccc2CCCCC2(CCN(C(=O)c3ncccn3)CC2)C1. The van der Waals surface area contributed by atoms with Crippen molar-refractivity contribution in [2.24, 2.45) is 5.41 Å². The Hall–Kier alpha value is -2.47. The Morgan fingerprint density at radius 3 is 2.57 bits per heavy atom. The van der Waals surface area contributed by atoms with Crippen molar-refractivity contribution in [3.05, 3.63) is 54.1 Å². The first-order valence-electron chi connectivity index (χ1n) is 11.1. The molecular weight excluding hydrogens is 376 g/mol. The van der Waals surface area contributed by atoms with Gasteiger partial charge in [-0.3, -0.25) is 4.79 Å². The van der Waals surface area contributed by atoms with Crippen molar-refractivity contribution in [1.82, 2.24) is 19.8 Å². The molecule has 2 aliphatic heterocycles. The number of aryl methyl sites for hydroxylation is 1. The molecule has 3 heterocycles. The lowest BCUT2D eigenvalue weighted by Gasteiger charge is -2.44. The third-order valence-electron chi connectivity index (χ3n) is 6.58. The number of piperidine rings is 1. The predicted octanol–water partition coefficient (Wildman–Crippen LogP) is 3.44. The summed E-state index contributed by atoms with van der Waals surface area (Å²) >= 11 is 0. The number of carbonyl (C=O) groups is 1. The molecule has 0 N–H and O–H groups in total. The number of aromatic nitrogens is 2. The molecule has 2 aliphatic rings. The maximum Gasteiger partial charge on any atom is 0.291 e. The molecule has 6 heteroatoms. The van der Waals surface area contributed by atoms with Crippen LogP contribution >= 0.6 is 0 Å². The van der Waals surface area contributed by atoms with Crippen molar-refractivity contribution in [2.45, 2.75) is 38.5 Å². The lowest BCUT2D eigenvalue weighted by atomic mass is 9.73. The number of nitrogens with zero attached hydrogens (tertiary/aromatic N) is 4. The first-order valence-corrected chi connectivity index (χ1v) is 11.1. The Morgan fingerprint density at radius 1 is 1.00 bits per heavy atom. The standard InChI is InChI=1S/C24H32N4O2/c1-27-17-18-30-21-9-3-2-7-20(21)8-4-5-10-24(19-27)11-15-28(16-12-24)23(29)22-25-13-6-14-26-22/h2-3,6-7,9,13-14H,4-5,8,10-12,15-19H2,1H3.